The number of rotatable bonds is 3. The van der Waals surface area contributed by atoms with Crippen LogP contribution in [0.15, 0.2) is 30.3 Å². The summed E-state index contributed by atoms with van der Waals surface area (Å²) in [6.45, 7) is 4.37. The van der Waals surface area contributed by atoms with Crippen molar-refractivity contribution in [2.75, 3.05) is 0 Å². The number of likely N-dealkylation sites (tertiary alicyclic amines) is 1. The highest BCUT2D eigenvalue weighted by Gasteiger charge is 2.29. The molecule has 0 radical (unpaired) electrons. The number of hydrogen-bond acceptors (Lipinski definition) is 4. The molecule has 2 atom stereocenters. The minimum absolute atomic E-state index is 0.0664. The Labute approximate surface area is 130 Å². The van der Waals surface area contributed by atoms with E-state index in [1.54, 1.807) is 0 Å². The highest BCUT2D eigenvalue weighted by molar-refractivity contribution is 5.76. The summed E-state index contributed by atoms with van der Waals surface area (Å²) in [5.74, 6) is 0.616. The number of hydrogen-bond donors (Lipinski definition) is 0. The Morgan fingerprint density at radius 2 is 1.86 bits per heavy atom. The molecule has 2 aromatic rings. The van der Waals surface area contributed by atoms with Gasteiger partial charge in [0.1, 0.15) is 6.54 Å². The summed E-state index contributed by atoms with van der Waals surface area (Å²) in [7, 11) is 0. The number of tetrazole rings is 1. The van der Waals surface area contributed by atoms with Crippen LogP contribution in [-0.2, 0) is 11.3 Å². The summed E-state index contributed by atoms with van der Waals surface area (Å²) in [5.41, 5.74) is 0.904. The third-order valence-electron chi connectivity index (χ3n) is 4.24. The Morgan fingerprint density at radius 1 is 1.18 bits per heavy atom. The molecule has 1 aliphatic heterocycles. The highest BCUT2D eigenvalue weighted by Crippen LogP contribution is 2.22. The van der Waals surface area contributed by atoms with Gasteiger partial charge in [0.2, 0.25) is 11.7 Å². The Balaban J connectivity index is 1.71. The monoisotopic (exact) mass is 299 g/mol. The van der Waals surface area contributed by atoms with Crippen LogP contribution in [0.25, 0.3) is 11.4 Å². The molecule has 0 saturated carbocycles. The van der Waals surface area contributed by atoms with Gasteiger partial charge in [0.25, 0.3) is 0 Å². The van der Waals surface area contributed by atoms with Gasteiger partial charge in [-0.15, -0.1) is 10.2 Å². The fourth-order valence-corrected chi connectivity index (χ4v) is 3.13. The van der Waals surface area contributed by atoms with E-state index in [0.717, 1.165) is 18.4 Å². The van der Waals surface area contributed by atoms with E-state index in [1.807, 2.05) is 35.2 Å². The summed E-state index contributed by atoms with van der Waals surface area (Å²) in [5, 5.41) is 12.4. The van der Waals surface area contributed by atoms with Gasteiger partial charge in [-0.1, -0.05) is 30.3 Å². The maximum absolute atomic E-state index is 12.5. The molecule has 0 aliphatic carbocycles. The second-order valence-electron chi connectivity index (χ2n) is 5.94. The van der Waals surface area contributed by atoms with E-state index in [4.69, 9.17) is 0 Å². The molecule has 0 spiro atoms. The van der Waals surface area contributed by atoms with Crippen LogP contribution in [0.1, 0.15) is 33.1 Å². The maximum atomic E-state index is 12.5. The predicted molar refractivity (Wildman–Crippen MR) is 82.9 cm³/mol. The molecule has 3 rings (SSSR count). The van der Waals surface area contributed by atoms with Crippen LogP contribution < -0.4 is 0 Å². The molecule has 1 aromatic carbocycles. The summed E-state index contributed by atoms with van der Waals surface area (Å²) in [4.78, 5) is 15.9. The summed E-state index contributed by atoms with van der Waals surface area (Å²) >= 11 is 0. The average molecular weight is 299 g/mol. The lowest BCUT2D eigenvalue weighted by molar-refractivity contribution is -0.138. The average Bonchev–Trinajstić information content (AvgIpc) is 2.96. The molecule has 1 amide bonds. The molecule has 1 saturated heterocycles. The normalized spacial score (nSPS) is 21.8. The number of carbonyl (C=O) groups excluding carboxylic acids is 1. The van der Waals surface area contributed by atoms with Crippen molar-refractivity contribution in [1.29, 1.82) is 0 Å². The van der Waals surface area contributed by atoms with Gasteiger partial charge in [0.05, 0.1) is 0 Å². The lowest BCUT2D eigenvalue weighted by Crippen LogP contribution is -2.48. The van der Waals surface area contributed by atoms with E-state index in [2.05, 4.69) is 29.3 Å². The Hall–Kier alpha value is -2.24. The quantitative estimate of drug-likeness (QED) is 0.871. The lowest BCUT2D eigenvalue weighted by atomic mass is 9.97. The van der Waals surface area contributed by atoms with Crippen LogP contribution in [-0.4, -0.2) is 43.1 Å². The number of carbonyl (C=O) groups is 1. The second kappa shape index (κ2) is 6.25. The molecule has 22 heavy (non-hydrogen) atoms. The van der Waals surface area contributed by atoms with Gasteiger partial charge < -0.3 is 4.90 Å². The first-order chi connectivity index (χ1) is 10.6. The van der Waals surface area contributed by atoms with Crippen molar-refractivity contribution in [1.82, 2.24) is 25.1 Å². The Kier molecular flexibility index (Phi) is 4.18. The topological polar surface area (TPSA) is 63.9 Å². The number of piperidine rings is 1. The Morgan fingerprint density at radius 3 is 2.55 bits per heavy atom. The third-order valence-corrected chi connectivity index (χ3v) is 4.24. The van der Waals surface area contributed by atoms with Crippen molar-refractivity contribution < 1.29 is 4.79 Å². The first-order valence-corrected chi connectivity index (χ1v) is 7.79. The van der Waals surface area contributed by atoms with Crippen molar-refractivity contribution in [3.63, 3.8) is 0 Å². The second-order valence-corrected chi connectivity index (χ2v) is 5.94. The van der Waals surface area contributed by atoms with Crippen molar-refractivity contribution >= 4 is 5.91 Å². The van der Waals surface area contributed by atoms with Crippen molar-refractivity contribution in [2.24, 2.45) is 0 Å². The van der Waals surface area contributed by atoms with Crippen molar-refractivity contribution in [3.8, 4) is 11.4 Å². The van der Waals surface area contributed by atoms with E-state index in [0.29, 0.717) is 5.82 Å². The minimum Gasteiger partial charge on any atom is -0.336 e. The summed E-state index contributed by atoms with van der Waals surface area (Å²) in [6.07, 6.45) is 3.32. The standard InChI is InChI=1S/C16H21N5O/c1-12-7-6-8-13(2)21(12)15(22)11-20-18-16(17-19-20)14-9-4-3-5-10-14/h3-5,9-10,12-13H,6-8,11H2,1-2H3/t12-,13-/m0/s1. The van der Waals surface area contributed by atoms with E-state index in [1.165, 1.54) is 11.2 Å². The van der Waals surface area contributed by atoms with Gasteiger partial charge in [-0.2, -0.15) is 4.80 Å². The van der Waals surface area contributed by atoms with Crippen LogP contribution in [0.4, 0.5) is 0 Å². The molecule has 1 fully saturated rings. The van der Waals surface area contributed by atoms with Crippen molar-refractivity contribution in [2.45, 2.75) is 51.7 Å². The molecule has 0 bridgehead atoms. The van der Waals surface area contributed by atoms with E-state index >= 15 is 0 Å². The highest BCUT2D eigenvalue weighted by atomic mass is 16.2. The molecule has 1 aliphatic rings. The zero-order valence-corrected chi connectivity index (χ0v) is 13.0. The molecule has 0 unspecified atom stereocenters. The first-order valence-electron chi connectivity index (χ1n) is 7.79. The van der Waals surface area contributed by atoms with Crippen LogP contribution in [0.2, 0.25) is 0 Å². The summed E-state index contributed by atoms with van der Waals surface area (Å²) < 4.78 is 0. The van der Waals surface area contributed by atoms with Gasteiger partial charge >= 0.3 is 0 Å². The van der Waals surface area contributed by atoms with Crippen LogP contribution in [0, 0.1) is 0 Å². The molecule has 6 nitrogen and oxygen atoms in total. The van der Waals surface area contributed by atoms with E-state index in [-0.39, 0.29) is 24.5 Å². The lowest BCUT2D eigenvalue weighted by Gasteiger charge is -2.38. The van der Waals surface area contributed by atoms with Crippen molar-refractivity contribution in [3.05, 3.63) is 30.3 Å². The number of benzene rings is 1. The molecule has 6 heteroatoms. The fourth-order valence-electron chi connectivity index (χ4n) is 3.13. The molecular formula is C16H21N5O. The first kappa shape index (κ1) is 14.7. The maximum Gasteiger partial charge on any atom is 0.246 e. The third kappa shape index (κ3) is 3.00. The largest absolute Gasteiger partial charge is 0.336 e. The van der Waals surface area contributed by atoms with Gasteiger partial charge in [-0.25, -0.2) is 0 Å². The predicted octanol–water partition coefficient (Wildman–Crippen LogP) is 2.13. The number of aromatic nitrogens is 4. The van der Waals surface area contributed by atoms with E-state index < -0.39 is 0 Å². The zero-order valence-electron chi connectivity index (χ0n) is 13.0. The molecule has 116 valence electrons. The van der Waals surface area contributed by atoms with Gasteiger partial charge in [-0.05, 0) is 38.3 Å². The smallest absolute Gasteiger partial charge is 0.246 e. The fraction of sp³-hybridized carbons (Fsp3) is 0.500. The Bertz CT molecular complexity index is 629. The van der Waals surface area contributed by atoms with E-state index in [9.17, 15) is 4.79 Å². The SMILES string of the molecule is C[C@H]1CCC[C@H](C)N1C(=O)Cn1nnc(-c2ccccc2)n1. The number of amides is 1. The van der Waals surface area contributed by atoms with Gasteiger partial charge in [0, 0.05) is 17.6 Å². The van der Waals surface area contributed by atoms with Gasteiger partial charge in [0.15, 0.2) is 0 Å². The van der Waals surface area contributed by atoms with Crippen LogP contribution in [0.5, 0.6) is 0 Å². The van der Waals surface area contributed by atoms with Gasteiger partial charge in [-0.3, -0.25) is 4.79 Å². The molecule has 2 heterocycles. The minimum atomic E-state index is 0.0664. The number of nitrogens with zero attached hydrogens (tertiary/aromatic N) is 5. The molecular weight excluding hydrogens is 278 g/mol. The van der Waals surface area contributed by atoms with Crippen LogP contribution in [0.3, 0.4) is 0 Å². The molecule has 1 aromatic heterocycles. The van der Waals surface area contributed by atoms with Crippen LogP contribution >= 0.6 is 0 Å². The summed E-state index contributed by atoms with van der Waals surface area (Å²) in [6, 6.07) is 10.2. The molecule has 0 N–H and O–H groups in total. The zero-order chi connectivity index (χ0) is 15.5.